The highest BCUT2D eigenvalue weighted by Gasteiger charge is 2.26. The van der Waals surface area contributed by atoms with Gasteiger partial charge in [-0.2, -0.15) is 0 Å². The SMILES string of the molecule is CC(C=CC=C(C)CCO[Si](C)(C)C)=CC=C1C(C)=CCCC1(C)C. The second-order valence-corrected chi connectivity index (χ2v) is 13.4. The van der Waals surface area contributed by atoms with Gasteiger partial charge in [-0.05, 0) is 70.7 Å². The van der Waals surface area contributed by atoms with Crippen molar-refractivity contribution in [1.29, 1.82) is 0 Å². The van der Waals surface area contributed by atoms with E-state index in [1.807, 2.05) is 0 Å². The van der Waals surface area contributed by atoms with Crippen molar-refractivity contribution in [2.24, 2.45) is 5.41 Å². The van der Waals surface area contributed by atoms with Crippen molar-refractivity contribution < 1.29 is 4.43 Å². The molecule has 0 saturated carbocycles. The van der Waals surface area contributed by atoms with Gasteiger partial charge in [-0.1, -0.05) is 67.0 Å². The Hall–Kier alpha value is -1.12. The molecular formula is C23H38OSi. The molecule has 0 aromatic heterocycles. The molecule has 0 aliphatic heterocycles. The van der Waals surface area contributed by atoms with E-state index in [2.05, 4.69) is 90.7 Å². The van der Waals surface area contributed by atoms with Crippen molar-refractivity contribution in [3.8, 4) is 0 Å². The molecule has 2 heteroatoms. The summed E-state index contributed by atoms with van der Waals surface area (Å²) in [5.41, 5.74) is 5.84. The summed E-state index contributed by atoms with van der Waals surface area (Å²) in [7, 11) is -1.38. The monoisotopic (exact) mass is 358 g/mol. The Morgan fingerprint density at radius 3 is 2.48 bits per heavy atom. The molecule has 0 bridgehead atoms. The van der Waals surface area contributed by atoms with Crippen LogP contribution in [0.3, 0.4) is 0 Å². The van der Waals surface area contributed by atoms with Crippen molar-refractivity contribution in [3.05, 3.63) is 58.7 Å². The number of hydrogen-bond donors (Lipinski definition) is 0. The van der Waals surface area contributed by atoms with Gasteiger partial charge in [-0.25, -0.2) is 0 Å². The minimum absolute atomic E-state index is 0.284. The highest BCUT2D eigenvalue weighted by molar-refractivity contribution is 6.69. The first kappa shape index (κ1) is 21.9. The molecule has 1 aliphatic rings. The molecule has 0 unspecified atom stereocenters. The zero-order valence-corrected chi connectivity index (χ0v) is 18.7. The van der Waals surface area contributed by atoms with E-state index in [1.54, 1.807) is 0 Å². The van der Waals surface area contributed by atoms with Gasteiger partial charge in [0.25, 0.3) is 0 Å². The average molecular weight is 359 g/mol. The normalized spacial score (nSPS) is 21.1. The molecule has 25 heavy (non-hydrogen) atoms. The van der Waals surface area contributed by atoms with Crippen molar-refractivity contribution in [1.82, 2.24) is 0 Å². The molecule has 1 aliphatic carbocycles. The lowest BCUT2D eigenvalue weighted by atomic mass is 9.73. The quantitative estimate of drug-likeness (QED) is 0.341. The Labute approximate surface area is 157 Å². The van der Waals surface area contributed by atoms with Crippen molar-refractivity contribution in [2.75, 3.05) is 6.61 Å². The maximum Gasteiger partial charge on any atom is 0.183 e. The van der Waals surface area contributed by atoms with E-state index in [0.29, 0.717) is 0 Å². The van der Waals surface area contributed by atoms with Crippen LogP contribution in [0.2, 0.25) is 19.6 Å². The fraction of sp³-hybridized carbons (Fsp3) is 0.565. The summed E-state index contributed by atoms with van der Waals surface area (Å²) < 4.78 is 5.91. The Bertz CT molecular complexity index is 592. The second kappa shape index (κ2) is 9.54. The predicted molar refractivity (Wildman–Crippen MR) is 115 cm³/mol. The molecule has 0 aromatic rings. The van der Waals surface area contributed by atoms with Gasteiger partial charge in [0.1, 0.15) is 0 Å². The third kappa shape index (κ3) is 8.69. The van der Waals surface area contributed by atoms with Crippen LogP contribution in [0.5, 0.6) is 0 Å². The van der Waals surface area contributed by atoms with Gasteiger partial charge in [0.15, 0.2) is 8.32 Å². The Morgan fingerprint density at radius 1 is 1.20 bits per heavy atom. The summed E-state index contributed by atoms with van der Waals surface area (Å²) in [6.07, 6.45) is 16.9. The molecular weight excluding hydrogens is 320 g/mol. The van der Waals surface area contributed by atoms with Crippen LogP contribution in [0, 0.1) is 5.41 Å². The molecule has 140 valence electrons. The fourth-order valence-corrected chi connectivity index (χ4v) is 3.74. The molecule has 0 radical (unpaired) electrons. The Morgan fingerprint density at radius 2 is 1.88 bits per heavy atom. The maximum absolute atomic E-state index is 5.91. The number of rotatable bonds is 7. The topological polar surface area (TPSA) is 9.23 Å². The lowest BCUT2D eigenvalue weighted by molar-refractivity contribution is 0.315. The summed E-state index contributed by atoms with van der Waals surface area (Å²) in [5.74, 6) is 0. The average Bonchev–Trinajstić information content (AvgIpc) is 2.44. The van der Waals surface area contributed by atoms with Crippen LogP contribution in [0.25, 0.3) is 0 Å². The van der Waals surface area contributed by atoms with Crippen LogP contribution in [0.15, 0.2) is 58.7 Å². The van der Waals surface area contributed by atoms with E-state index in [9.17, 15) is 0 Å². The fourth-order valence-electron chi connectivity index (χ4n) is 3.02. The molecule has 0 saturated heterocycles. The summed E-state index contributed by atoms with van der Waals surface area (Å²) in [4.78, 5) is 0. The van der Waals surface area contributed by atoms with Crippen LogP contribution < -0.4 is 0 Å². The van der Waals surface area contributed by atoms with Crippen LogP contribution in [-0.2, 0) is 4.43 Å². The molecule has 1 nitrogen and oxygen atoms in total. The van der Waals surface area contributed by atoms with Crippen LogP contribution >= 0.6 is 0 Å². The van der Waals surface area contributed by atoms with Crippen LogP contribution in [0.1, 0.15) is 53.9 Å². The zero-order chi connectivity index (χ0) is 19.1. The van der Waals surface area contributed by atoms with Crippen molar-refractivity contribution in [2.45, 2.75) is 73.5 Å². The molecule has 0 N–H and O–H groups in total. The molecule has 0 heterocycles. The third-order valence-electron chi connectivity index (χ3n) is 4.66. The molecule has 0 fully saturated rings. The van der Waals surface area contributed by atoms with E-state index >= 15 is 0 Å². The van der Waals surface area contributed by atoms with Gasteiger partial charge in [0, 0.05) is 6.61 Å². The van der Waals surface area contributed by atoms with Crippen molar-refractivity contribution >= 4 is 8.32 Å². The van der Waals surface area contributed by atoms with Crippen LogP contribution in [-0.4, -0.2) is 14.9 Å². The summed E-state index contributed by atoms with van der Waals surface area (Å²) in [5, 5.41) is 0. The zero-order valence-electron chi connectivity index (χ0n) is 17.7. The standard InChI is InChI=1S/C23H38OSi/c1-19(11-9-12-20(2)16-18-24-25(6,7)8)14-15-22-21(3)13-10-17-23(22,4)5/h9,11-15H,10,16-18H2,1-8H3. The highest BCUT2D eigenvalue weighted by atomic mass is 28.4. The van der Waals surface area contributed by atoms with E-state index in [-0.39, 0.29) is 5.41 Å². The second-order valence-electron chi connectivity index (χ2n) is 8.88. The maximum atomic E-state index is 5.91. The Balaban J connectivity index is 2.64. The molecule has 0 aromatic carbocycles. The van der Waals surface area contributed by atoms with Gasteiger partial charge < -0.3 is 4.43 Å². The summed E-state index contributed by atoms with van der Waals surface area (Å²) >= 11 is 0. The number of allylic oxidation sites excluding steroid dienone is 9. The van der Waals surface area contributed by atoms with Gasteiger partial charge in [-0.15, -0.1) is 0 Å². The first-order valence-electron chi connectivity index (χ1n) is 9.55. The van der Waals surface area contributed by atoms with Crippen molar-refractivity contribution in [3.63, 3.8) is 0 Å². The first-order chi connectivity index (χ1) is 11.5. The smallest absolute Gasteiger partial charge is 0.183 e. The van der Waals surface area contributed by atoms with Gasteiger partial charge in [0.2, 0.25) is 0 Å². The third-order valence-corrected chi connectivity index (χ3v) is 5.73. The molecule has 0 amide bonds. The Kier molecular flexibility index (Phi) is 8.36. The predicted octanol–water partition coefficient (Wildman–Crippen LogP) is 7.37. The van der Waals surface area contributed by atoms with E-state index in [0.717, 1.165) is 13.0 Å². The first-order valence-corrected chi connectivity index (χ1v) is 13.0. The lowest BCUT2D eigenvalue weighted by Gasteiger charge is -2.32. The summed E-state index contributed by atoms with van der Waals surface area (Å²) in [6, 6.07) is 0. The largest absolute Gasteiger partial charge is 0.417 e. The number of hydrogen-bond acceptors (Lipinski definition) is 1. The highest BCUT2D eigenvalue weighted by Crippen LogP contribution is 2.40. The minimum atomic E-state index is -1.38. The van der Waals surface area contributed by atoms with Gasteiger partial charge in [-0.3, -0.25) is 0 Å². The minimum Gasteiger partial charge on any atom is -0.417 e. The van der Waals surface area contributed by atoms with Gasteiger partial charge >= 0.3 is 0 Å². The van der Waals surface area contributed by atoms with E-state index in [4.69, 9.17) is 4.43 Å². The molecule has 1 rings (SSSR count). The van der Waals surface area contributed by atoms with Crippen LogP contribution in [0.4, 0.5) is 0 Å². The lowest BCUT2D eigenvalue weighted by Crippen LogP contribution is -2.25. The van der Waals surface area contributed by atoms with E-state index < -0.39 is 8.32 Å². The summed E-state index contributed by atoms with van der Waals surface area (Å²) in [6.45, 7) is 18.8. The molecule has 0 spiro atoms. The van der Waals surface area contributed by atoms with Gasteiger partial charge in [0.05, 0.1) is 0 Å². The molecule has 0 atom stereocenters. The van der Waals surface area contributed by atoms with E-state index in [1.165, 1.54) is 35.1 Å².